The average molecular weight is 266 g/mol. The number of aliphatic hydroxyl groups is 1. The van der Waals surface area contributed by atoms with Crippen molar-refractivity contribution in [3.63, 3.8) is 0 Å². The van der Waals surface area contributed by atoms with Gasteiger partial charge in [0.2, 0.25) is 0 Å². The van der Waals surface area contributed by atoms with Gasteiger partial charge in [0.05, 0.1) is 17.9 Å². The Labute approximate surface area is 115 Å². The maximum absolute atomic E-state index is 10.6. The lowest BCUT2D eigenvalue weighted by atomic mass is 9.75. The van der Waals surface area contributed by atoms with Crippen LogP contribution in [0, 0.1) is 5.92 Å². The molecule has 1 aromatic rings. The molecular weight excluding hydrogens is 240 g/mol. The van der Waals surface area contributed by atoms with Crippen LogP contribution in [0.3, 0.4) is 0 Å². The Hall–Kier alpha value is -0.870. The largest absolute Gasteiger partial charge is 0.390 e. The van der Waals surface area contributed by atoms with Gasteiger partial charge in [0.25, 0.3) is 0 Å². The van der Waals surface area contributed by atoms with E-state index < -0.39 is 6.10 Å². The van der Waals surface area contributed by atoms with Crippen LogP contribution in [-0.2, 0) is 17.7 Å². The Morgan fingerprint density at radius 3 is 2.74 bits per heavy atom. The van der Waals surface area contributed by atoms with E-state index in [1.807, 2.05) is 17.1 Å². The van der Waals surface area contributed by atoms with Crippen LogP contribution in [-0.4, -0.2) is 33.7 Å². The molecule has 1 saturated carbocycles. The molecule has 0 bridgehead atoms. The van der Waals surface area contributed by atoms with E-state index in [-0.39, 0.29) is 5.60 Å². The first kappa shape index (κ1) is 14.5. The van der Waals surface area contributed by atoms with Gasteiger partial charge in [-0.15, -0.1) is 0 Å². The van der Waals surface area contributed by atoms with Crippen molar-refractivity contribution >= 4 is 0 Å². The molecule has 0 amide bonds. The predicted octanol–water partition coefficient (Wildman–Crippen LogP) is 2.40. The fraction of sp³-hybridized carbons (Fsp3) is 0.800. The summed E-state index contributed by atoms with van der Waals surface area (Å²) in [7, 11) is 1.73. The van der Waals surface area contributed by atoms with Gasteiger partial charge in [-0.2, -0.15) is 5.10 Å². The van der Waals surface area contributed by atoms with Crippen molar-refractivity contribution in [2.24, 2.45) is 5.92 Å². The van der Waals surface area contributed by atoms with Crippen molar-refractivity contribution in [3.05, 3.63) is 18.0 Å². The van der Waals surface area contributed by atoms with Gasteiger partial charge in [-0.1, -0.05) is 6.92 Å². The summed E-state index contributed by atoms with van der Waals surface area (Å²) >= 11 is 0. The number of hydrogen-bond donors (Lipinski definition) is 1. The maximum atomic E-state index is 10.6. The minimum absolute atomic E-state index is 0.360. The van der Waals surface area contributed by atoms with Crippen LogP contribution in [0.5, 0.6) is 0 Å². The van der Waals surface area contributed by atoms with Gasteiger partial charge in [0.1, 0.15) is 0 Å². The average Bonchev–Trinajstić information content (AvgIpc) is 2.87. The predicted molar refractivity (Wildman–Crippen MR) is 75.0 cm³/mol. The van der Waals surface area contributed by atoms with E-state index in [2.05, 4.69) is 18.9 Å². The quantitative estimate of drug-likeness (QED) is 0.890. The molecular formula is C15H26N2O2. The third kappa shape index (κ3) is 3.18. The third-order valence-corrected chi connectivity index (χ3v) is 4.57. The fourth-order valence-corrected chi connectivity index (χ4v) is 3.02. The Morgan fingerprint density at radius 2 is 2.21 bits per heavy atom. The Kier molecular flexibility index (Phi) is 4.63. The molecule has 4 nitrogen and oxygen atoms in total. The van der Waals surface area contributed by atoms with Gasteiger partial charge in [0, 0.05) is 26.3 Å². The number of aliphatic hydroxyl groups excluding tert-OH is 1. The van der Waals surface area contributed by atoms with Gasteiger partial charge in [0.15, 0.2) is 0 Å². The molecule has 1 heterocycles. The lowest BCUT2D eigenvalue weighted by Crippen LogP contribution is -2.47. The standard InChI is InChI=1S/C15H26N2O2/c1-4-17-11-13(10-16-17)9-14(18)15(19-3)7-5-12(2)6-8-15/h10-12,14,18H,4-9H2,1-3H3. The number of aryl methyl sites for hydroxylation is 1. The van der Waals surface area contributed by atoms with E-state index in [4.69, 9.17) is 4.74 Å². The van der Waals surface area contributed by atoms with Gasteiger partial charge in [-0.3, -0.25) is 4.68 Å². The number of ether oxygens (including phenoxy) is 1. The highest BCUT2D eigenvalue weighted by molar-refractivity contribution is 5.08. The number of nitrogens with zero attached hydrogens (tertiary/aromatic N) is 2. The van der Waals surface area contributed by atoms with E-state index in [9.17, 15) is 5.11 Å². The Morgan fingerprint density at radius 1 is 1.53 bits per heavy atom. The summed E-state index contributed by atoms with van der Waals surface area (Å²) in [5.41, 5.74) is 0.727. The van der Waals surface area contributed by atoms with Crippen molar-refractivity contribution in [3.8, 4) is 0 Å². The van der Waals surface area contributed by atoms with Crippen LogP contribution in [0.1, 0.15) is 45.1 Å². The molecule has 0 spiro atoms. The second-order valence-electron chi connectivity index (χ2n) is 5.88. The highest BCUT2D eigenvalue weighted by atomic mass is 16.5. The van der Waals surface area contributed by atoms with Crippen molar-refractivity contribution in [2.45, 2.75) is 64.2 Å². The molecule has 4 heteroatoms. The first-order chi connectivity index (χ1) is 9.09. The number of aromatic nitrogens is 2. The lowest BCUT2D eigenvalue weighted by molar-refractivity contribution is -0.127. The molecule has 0 aliphatic heterocycles. The second kappa shape index (κ2) is 6.06. The van der Waals surface area contributed by atoms with E-state index in [1.54, 1.807) is 7.11 Å². The number of hydrogen-bond acceptors (Lipinski definition) is 3. The number of rotatable bonds is 5. The molecule has 108 valence electrons. The van der Waals surface area contributed by atoms with Crippen LogP contribution < -0.4 is 0 Å². The van der Waals surface area contributed by atoms with Crippen LogP contribution in [0.25, 0.3) is 0 Å². The zero-order chi connectivity index (χ0) is 13.9. The summed E-state index contributed by atoms with van der Waals surface area (Å²) in [4.78, 5) is 0. The molecule has 1 aromatic heterocycles. The van der Waals surface area contributed by atoms with Gasteiger partial charge in [-0.05, 0) is 44.1 Å². The molecule has 1 fully saturated rings. The molecule has 1 unspecified atom stereocenters. The van der Waals surface area contributed by atoms with E-state index in [0.717, 1.165) is 43.7 Å². The second-order valence-corrected chi connectivity index (χ2v) is 5.88. The van der Waals surface area contributed by atoms with E-state index >= 15 is 0 Å². The van der Waals surface area contributed by atoms with Crippen LogP contribution in [0.15, 0.2) is 12.4 Å². The Bertz CT molecular complexity index is 395. The molecule has 0 radical (unpaired) electrons. The number of methoxy groups -OCH3 is 1. The van der Waals surface area contributed by atoms with Crippen LogP contribution in [0.2, 0.25) is 0 Å². The highest BCUT2D eigenvalue weighted by Crippen LogP contribution is 2.37. The topological polar surface area (TPSA) is 47.3 Å². The molecule has 1 atom stereocenters. The van der Waals surface area contributed by atoms with E-state index in [1.165, 1.54) is 0 Å². The molecule has 19 heavy (non-hydrogen) atoms. The first-order valence-corrected chi connectivity index (χ1v) is 7.34. The Balaban J connectivity index is 2.02. The van der Waals surface area contributed by atoms with Crippen molar-refractivity contribution in [1.29, 1.82) is 0 Å². The van der Waals surface area contributed by atoms with Crippen molar-refractivity contribution < 1.29 is 9.84 Å². The van der Waals surface area contributed by atoms with Gasteiger partial charge >= 0.3 is 0 Å². The summed E-state index contributed by atoms with van der Waals surface area (Å²) in [6, 6.07) is 0. The minimum Gasteiger partial charge on any atom is -0.390 e. The SMILES string of the molecule is CCn1cc(CC(O)C2(OC)CCC(C)CC2)cn1. The van der Waals surface area contributed by atoms with Crippen molar-refractivity contribution in [1.82, 2.24) is 9.78 Å². The van der Waals surface area contributed by atoms with Crippen LogP contribution in [0.4, 0.5) is 0 Å². The lowest BCUT2D eigenvalue weighted by Gasteiger charge is -2.41. The highest BCUT2D eigenvalue weighted by Gasteiger charge is 2.40. The molecule has 1 N–H and O–H groups in total. The van der Waals surface area contributed by atoms with Gasteiger partial charge in [-0.25, -0.2) is 0 Å². The maximum Gasteiger partial charge on any atom is 0.0939 e. The molecule has 1 aliphatic rings. The van der Waals surface area contributed by atoms with E-state index in [0.29, 0.717) is 6.42 Å². The zero-order valence-electron chi connectivity index (χ0n) is 12.3. The summed E-state index contributed by atoms with van der Waals surface area (Å²) in [5.74, 6) is 0.748. The fourth-order valence-electron chi connectivity index (χ4n) is 3.02. The van der Waals surface area contributed by atoms with Crippen LogP contribution >= 0.6 is 0 Å². The normalized spacial score (nSPS) is 29.4. The smallest absolute Gasteiger partial charge is 0.0939 e. The monoisotopic (exact) mass is 266 g/mol. The molecule has 1 aliphatic carbocycles. The summed E-state index contributed by atoms with van der Waals surface area (Å²) < 4.78 is 7.61. The third-order valence-electron chi connectivity index (χ3n) is 4.57. The zero-order valence-corrected chi connectivity index (χ0v) is 12.3. The summed E-state index contributed by atoms with van der Waals surface area (Å²) in [6.45, 7) is 5.20. The molecule has 2 rings (SSSR count). The first-order valence-electron chi connectivity index (χ1n) is 7.34. The molecule has 0 saturated heterocycles. The minimum atomic E-state index is -0.445. The summed E-state index contributed by atoms with van der Waals surface area (Å²) in [5, 5.41) is 14.8. The van der Waals surface area contributed by atoms with Gasteiger partial charge < -0.3 is 9.84 Å². The van der Waals surface area contributed by atoms with Crippen molar-refractivity contribution in [2.75, 3.05) is 7.11 Å². The molecule has 0 aromatic carbocycles. The summed E-state index contributed by atoms with van der Waals surface area (Å²) in [6.07, 6.45) is 8.22.